The average molecular weight is 530 g/mol. The van der Waals surface area contributed by atoms with Crippen LogP contribution >= 0.6 is 11.8 Å². The number of amides is 1. The lowest BCUT2D eigenvalue weighted by Gasteiger charge is -2.39. The zero-order valence-electron chi connectivity index (χ0n) is 21.8. The van der Waals surface area contributed by atoms with Gasteiger partial charge in [0.2, 0.25) is 0 Å². The van der Waals surface area contributed by atoms with Crippen molar-refractivity contribution in [3.05, 3.63) is 70.5 Å². The highest BCUT2D eigenvalue weighted by Gasteiger charge is 2.49. The number of hydrogen-bond donors (Lipinski definition) is 1. The standard InChI is InChI=1S/C28H31N7O2S/c1-17-13-22(34-10-6-9-33(3)11-12-34)32-26-23(17)25(36)24(27(37)31-16-19-15-29-18(2)14-30-19)28-35(26)20-7-4-5-8-21(20)38-28/h4-5,7-8,13-15,17,23H,6,9-12,16H2,1-3H3,(H,31,37). The van der Waals surface area contributed by atoms with Gasteiger partial charge in [-0.2, -0.15) is 0 Å². The van der Waals surface area contributed by atoms with Crippen LogP contribution in [0, 0.1) is 18.8 Å². The van der Waals surface area contributed by atoms with E-state index in [-0.39, 0.29) is 23.8 Å². The number of hydrogen-bond acceptors (Lipinski definition) is 9. The van der Waals surface area contributed by atoms with Gasteiger partial charge in [0.25, 0.3) is 5.91 Å². The number of rotatable bonds is 4. The molecule has 0 bridgehead atoms. The Morgan fingerprint density at radius 3 is 2.79 bits per heavy atom. The SMILES string of the molecule is Cc1cnc(CNC(=O)C2=C3Sc4ccccc4N3C3=NC(N4CCCN(C)CC4)=CC(C)C3C2=O)cn1. The van der Waals surface area contributed by atoms with Gasteiger partial charge in [-0.3, -0.25) is 24.5 Å². The number of aliphatic imine (C=N–C) groups is 1. The summed E-state index contributed by atoms with van der Waals surface area (Å²) in [6.45, 7) is 7.98. The predicted molar refractivity (Wildman–Crippen MR) is 147 cm³/mol. The molecule has 0 spiro atoms. The topological polar surface area (TPSA) is 94.0 Å². The van der Waals surface area contributed by atoms with E-state index in [9.17, 15) is 9.59 Å². The number of nitrogens with one attached hydrogen (secondary N) is 1. The Labute approximate surface area is 226 Å². The molecular weight excluding hydrogens is 498 g/mol. The van der Waals surface area contributed by atoms with Gasteiger partial charge in [0.05, 0.1) is 35.7 Å². The molecule has 2 unspecified atom stereocenters. The van der Waals surface area contributed by atoms with Crippen molar-refractivity contribution in [3.63, 3.8) is 0 Å². The maximum atomic E-state index is 14.0. The van der Waals surface area contributed by atoms with Crippen LogP contribution in [0.2, 0.25) is 0 Å². The summed E-state index contributed by atoms with van der Waals surface area (Å²) in [5, 5.41) is 3.54. The van der Waals surface area contributed by atoms with Gasteiger partial charge < -0.3 is 15.1 Å². The first-order valence-corrected chi connectivity index (χ1v) is 13.9. The number of nitrogens with zero attached hydrogens (tertiary/aromatic N) is 6. The highest BCUT2D eigenvalue weighted by molar-refractivity contribution is 8.04. The van der Waals surface area contributed by atoms with E-state index < -0.39 is 11.8 Å². The molecule has 2 atom stereocenters. The maximum Gasteiger partial charge on any atom is 0.257 e. The van der Waals surface area contributed by atoms with Crippen molar-refractivity contribution in [1.82, 2.24) is 25.1 Å². The highest BCUT2D eigenvalue weighted by Crippen LogP contribution is 2.52. The fourth-order valence-electron chi connectivity index (χ4n) is 5.40. The normalized spacial score (nSPS) is 23.3. The van der Waals surface area contributed by atoms with Crippen LogP contribution in [0.3, 0.4) is 0 Å². The van der Waals surface area contributed by atoms with Gasteiger partial charge in [-0.05, 0) is 51.1 Å². The molecule has 38 heavy (non-hydrogen) atoms. The minimum absolute atomic E-state index is 0.101. The lowest BCUT2D eigenvalue weighted by atomic mass is 9.81. The van der Waals surface area contributed by atoms with Crippen molar-refractivity contribution in [2.75, 3.05) is 38.1 Å². The number of fused-ring (bicyclic) bond motifs is 5. The van der Waals surface area contributed by atoms with Gasteiger partial charge >= 0.3 is 0 Å². The summed E-state index contributed by atoms with van der Waals surface area (Å²) < 4.78 is 0. The molecule has 10 heteroatoms. The van der Waals surface area contributed by atoms with Crippen LogP contribution < -0.4 is 10.2 Å². The summed E-state index contributed by atoms with van der Waals surface area (Å²) in [6, 6.07) is 8.02. The third-order valence-corrected chi connectivity index (χ3v) is 8.61. The average Bonchev–Trinajstić information content (AvgIpc) is 3.15. The number of carbonyl (C=O) groups excluding carboxylic acids is 2. The van der Waals surface area contributed by atoms with Crippen LogP contribution in [0.15, 0.2) is 69.0 Å². The molecule has 6 rings (SSSR count). The number of likely N-dealkylation sites (N-methyl/N-ethyl adjacent to an activating group) is 1. The molecule has 9 nitrogen and oxygen atoms in total. The number of ketones is 1. The Balaban J connectivity index is 1.37. The fourth-order valence-corrected chi connectivity index (χ4v) is 6.60. The van der Waals surface area contributed by atoms with Gasteiger partial charge in [-0.15, -0.1) is 0 Å². The predicted octanol–water partition coefficient (Wildman–Crippen LogP) is 2.95. The van der Waals surface area contributed by atoms with Crippen molar-refractivity contribution in [2.45, 2.75) is 31.7 Å². The van der Waals surface area contributed by atoms with E-state index in [1.807, 2.05) is 36.1 Å². The molecule has 1 aromatic heterocycles. The molecule has 2 aromatic rings. The van der Waals surface area contributed by atoms with E-state index in [4.69, 9.17) is 4.99 Å². The quantitative estimate of drug-likeness (QED) is 0.605. The number of allylic oxidation sites excluding steroid dienone is 1. The van der Waals surface area contributed by atoms with Crippen molar-refractivity contribution < 1.29 is 9.59 Å². The largest absolute Gasteiger partial charge is 0.355 e. The number of carbonyl (C=O) groups is 2. The Hall–Kier alpha value is -3.50. The van der Waals surface area contributed by atoms with Crippen molar-refractivity contribution >= 4 is 35.0 Å². The fraction of sp³-hybridized carbons (Fsp3) is 0.393. The first-order chi connectivity index (χ1) is 18.4. The van der Waals surface area contributed by atoms with Crippen molar-refractivity contribution in [2.24, 2.45) is 16.8 Å². The van der Waals surface area contributed by atoms with Crippen LogP contribution in [-0.2, 0) is 16.1 Å². The molecule has 1 fully saturated rings. The monoisotopic (exact) mass is 529 g/mol. The highest BCUT2D eigenvalue weighted by atomic mass is 32.2. The summed E-state index contributed by atoms with van der Waals surface area (Å²) in [5.41, 5.74) is 2.60. The molecule has 1 amide bonds. The van der Waals surface area contributed by atoms with Crippen LogP contribution in [-0.4, -0.2) is 70.5 Å². The van der Waals surface area contributed by atoms with Gasteiger partial charge in [0.15, 0.2) is 5.78 Å². The number of para-hydroxylation sites is 1. The van der Waals surface area contributed by atoms with Crippen LogP contribution in [0.1, 0.15) is 24.7 Å². The Kier molecular flexibility index (Phi) is 6.53. The molecule has 0 radical (unpaired) electrons. The van der Waals surface area contributed by atoms with Crippen LogP contribution in [0.25, 0.3) is 0 Å². The number of anilines is 1. The first kappa shape index (κ1) is 24.8. The first-order valence-electron chi connectivity index (χ1n) is 13.1. The zero-order chi connectivity index (χ0) is 26.4. The Morgan fingerprint density at radius 2 is 1.97 bits per heavy atom. The third-order valence-electron chi connectivity index (χ3n) is 7.47. The molecule has 5 heterocycles. The lowest BCUT2D eigenvalue weighted by molar-refractivity contribution is -0.124. The number of benzene rings is 1. The van der Waals surface area contributed by atoms with Crippen LogP contribution in [0.4, 0.5) is 5.69 Å². The second kappa shape index (κ2) is 9.99. The molecule has 1 aromatic carbocycles. The summed E-state index contributed by atoms with van der Waals surface area (Å²) in [5.74, 6) is 0.438. The zero-order valence-corrected chi connectivity index (χ0v) is 22.7. The summed E-state index contributed by atoms with van der Waals surface area (Å²) in [7, 11) is 2.15. The molecule has 1 N–H and O–H groups in total. The molecule has 0 aliphatic carbocycles. The van der Waals surface area contributed by atoms with Gasteiger partial charge in [0.1, 0.15) is 22.3 Å². The third kappa shape index (κ3) is 4.41. The van der Waals surface area contributed by atoms with E-state index in [0.717, 1.165) is 54.7 Å². The van der Waals surface area contributed by atoms with Gasteiger partial charge in [-0.1, -0.05) is 30.8 Å². The summed E-state index contributed by atoms with van der Waals surface area (Å²) in [4.78, 5) is 49.0. The Morgan fingerprint density at radius 1 is 1.13 bits per heavy atom. The second-order valence-corrected chi connectivity index (χ2v) is 11.3. The smallest absolute Gasteiger partial charge is 0.257 e. The number of aryl methyl sites for hydroxylation is 1. The minimum Gasteiger partial charge on any atom is -0.355 e. The molecule has 4 aliphatic rings. The number of aromatic nitrogens is 2. The molecule has 0 saturated carbocycles. The van der Waals surface area contributed by atoms with E-state index in [1.165, 1.54) is 11.8 Å². The van der Waals surface area contributed by atoms with Crippen LogP contribution in [0.5, 0.6) is 0 Å². The van der Waals surface area contributed by atoms with E-state index in [0.29, 0.717) is 16.6 Å². The number of thioether (sulfide) groups is 1. The van der Waals surface area contributed by atoms with Gasteiger partial charge in [0, 0.05) is 30.7 Å². The Bertz CT molecular complexity index is 1380. The van der Waals surface area contributed by atoms with E-state index in [1.54, 1.807) is 12.4 Å². The number of Topliss-reactive ketones (excluding diaryl/α,β-unsaturated/α-hetero) is 1. The summed E-state index contributed by atoms with van der Waals surface area (Å²) >= 11 is 1.46. The maximum absolute atomic E-state index is 14.0. The molecule has 4 aliphatic heterocycles. The molecular formula is C28H31N7O2S. The molecule has 196 valence electrons. The lowest BCUT2D eigenvalue weighted by Crippen LogP contribution is -2.50. The van der Waals surface area contributed by atoms with E-state index in [2.05, 4.69) is 45.1 Å². The molecule has 1 saturated heterocycles. The summed E-state index contributed by atoms with van der Waals surface area (Å²) in [6.07, 6.45) is 6.48. The van der Waals surface area contributed by atoms with E-state index >= 15 is 0 Å². The second-order valence-electron chi connectivity index (χ2n) is 10.3. The van der Waals surface area contributed by atoms with Crippen molar-refractivity contribution in [3.8, 4) is 0 Å². The number of amidine groups is 1. The van der Waals surface area contributed by atoms with Crippen molar-refractivity contribution in [1.29, 1.82) is 0 Å². The minimum atomic E-state index is -0.524. The van der Waals surface area contributed by atoms with Gasteiger partial charge in [-0.25, -0.2) is 4.99 Å².